The molecular formula is C22H18F3N3O2. The van der Waals surface area contributed by atoms with Crippen LogP contribution in [0.25, 0.3) is 0 Å². The number of nitrogens with zero attached hydrogens (tertiary/aromatic N) is 1. The molecule has 0 spiro atoms. The molecule has 0 fully saturated rings. The standard InChI is InChI=1S/C22H18F3N3O2/c1-14(29)20-11-15(9-10-26-20)13-27-19-8-3-2-7-18(19)21(30)28-17-6-4-5-16(12-17)22(23,24)25/h2-12,27H,13H2,1H3,(H,28,30). The van der Waals surface area contributed by atoms with Crippen molar-refractivity contribution in [1.29, 1.82) is 0 Å². The smallest absolute Gasteiger partial charge is 0.380 e. The van der Waals surface area contributed by atoms with Crippen LogP contribution in [-0.2, 0) is 12.7 Å². The van der Waals surface area contributed by atoms with Crippen LogP contribution in [0.5, 0.6) is 0 Å². The molecule has 3 aromatic rings. The molecule has 0 aliphatic carbocycles. The number of ketones is 1. The molecule has 154 valence electrons. The molecule has 0 aliphatic rings. The quantitative estimate of drug-likeness (QED) is 0.547. The van der Waals surface area contributed by atoms with Gasteiger partial charge in [0, 0.05) is 31.0 Å². The van der Waals surface area contributed by atoms with Gasteiger partial charge in [-0.25, -0.2) is 0 Å². The van der Waals surface area contributed by atoms with Crippen LogP contribution in [0.15, 0.2) is 66.9 Å². The van der Waals surface area contributed by atoms with E-state index in [1.54, 1.807) is 36.4 Å². The summed E-state index contributed by atoms with van der Waals surface area (Å²) >= 11 is 0. The second kappa shape index (κ2) is 8.77. The van der Waals surface area contributed by atoms with Crippen molar-refractivity contribution < 1.29 is 22.8 Å². The molecule has 0 aliphatic heterocycles. The maximum atomic E-state index is 12.9. The van der Waals surface area contributed by atoms with Crippen LogP contribution < -0.4 is 10.6 Å². The fourth-order valence-electron chi connectivity index (χ4n) is 2.78. The summed E-state index contributed by atoms with van der Waals surface area (Å²) in [6, 6.07) is 14.5. The number of rotatable bonds is 6. The molecule has 0 radical (unpaired) electrons. The maximum absolute atomic E-state index is 12.9. The van der Waals surface area contributed by atoms with Gasteiger partial charge in [0.15, 0.2) is 5.78 Å². The fraction of sp³-hybridized carbons (Fsp3) is 0.136. The lowest BCUT2D eigenvalue weighted by molar-refractivity contribution is -0.137. The molecule has 0 saturated heterocycles. The van der Waals surface area contributed by atoms with Crippen molar-refractivity contribution in [3.05, 3.63) is 89.2 Å². The third-order valence-electron chi connectivity index (χ3n) is 4.29. The molecule has 0 unspecified atom stereocenters. The number of para-hydroxylation sites is 1. The molecular weight excluding hydrogens is 395 g/mol. The number of carbonyl (C=O) groups is 2. The van der Waals surface area contributed by atoms with E-state index in [-0.39, 0.29) is 17.0 Å². The van der Waals surface area contributed by atoms with Gasteiger partial charge in [0.1, 0.15) is 5.69 Å². The topological polar surface area (TPSA) is 71.1 Å². The summed E-state index contributed by atoms with van der Waals surface area (Å²) < 4.78 is 38.7. The van der Waals surface area contributed by atoms with Crippen LogP contribution >= 0.6 is 0 Å². The summed E-state index contributed by atoms with van der Waals surface area (Å²) in [6.45, 7) is 1.75. The molecule has 2 N–H and O–H groups in total. The van der Waals surface area contributed by atoms with E-state index in [0.717, 1.165) is 17.7 Å². The van der Waals surface area contributed by atoms with Crippen LogP contribution in [0.3, 0.4) is 0 Å². The van der Waals surface area contributed by atoms with Gasteiger partial charge in [-0.15, -0.1) is 0 Å². The van der Waals surface area contributed by atoms with Gasteiger partial charge in [-0.1, -0.05) is 18.2 Å². The van der Waals surface area contributed by atoms with E-state index in [9.17, 15) is 22.8 Å². The number of alkyl halides is 3. The first kappa shape index (κ1) is 21.0. The first-order valence-electron chi connectivity index (χ1n) is 9.01. The minimum absolute atomic E-state index is 0.0462. The predicted molar refractivity (Wildman–Crippen MR) is 107 cm³/mol. The molecule has 1 heterocycles. The van der Waals surface area contributed by atoms with Gasteiger partial charge in [0.05, 0.1) is 11.1 Å². The molecule has 8 heteroatoms. The average Bonchev–Trinajstić information content (AvgIpc) is 2.72. The van der Waals surface area contributed by atoms with Crippen molar-refractivity contribution in [2.24, 2.45) is 0 Å². The molecule has 3 rings (SSSR count). The van der Waals surface area contributed by atoms with Gasteiger partial charge in [0.2, 0.25) is 0 Å². The molecule has 1 aromatic heterocycles. The minimum Gasteiger partial charge on any atom is -0.380 e. The lowest BCUT2D eigenvalue weighted by Gasteiger charge is -2.13. The number of anilines is 2. The summed E-state index contributed by atoms with van der Waals surface area (Å²) in [5, 5.41) is 5.62. The van der Waals surface area contributed by atoms with E-state index in [4.69, 9.17) is 0 Å². The molecule has 1 amide bonds. The van der Waals surface area contributed by atoms with Gasteiger partial charge < -0.3 is 10.6 Å². The summed E-state index contributed by atoms with van der Waals surface area (Å²) in [5.74, 6) is -0.700. The number of hydrogen-bond donors (Lipinski definition) is 2. The van der Waals surface area contributed by atoms with Crippen LogP contribution in [0.4, 0.5) is 24.5 Å². The predicted octanol–water partition coefficient (Wildman–Crippen LogP) is 5.17. The minimum atomic E-state index is -4.50. The van der Waals surface area contributed by atoms with E-state index in [2.05, 4.69) is 15.6 Å². The van der Waals surface area contributed by atoms with Gasteiger partial charge in [-0.05, 0) is 48.0 Å². The van der Waals surface area contributed by atoms with Gasteiger partial charge >= 0.3 is 6.18 Å². The number of pyridine rings is 1. The van der Waals surface area contributed by atoms with Crippen molar-refractivity contribution in [3.8, 4) is 0 Å². The third-order valence-corrected chi connectivity index (χ3v) is 4.29. The Morgan fingerprint density at radius 1 is 1.00 bits per heavy atom. The summed E-state index contributed by atoms with van der Waals surface area (Å²) in [6.07, 6.45) is -2.97. The third kappa shape index (κ3) is 5.22. The summed E-state index contributed by atoms with van der Waals surface area (Å²) in [5.41, 5.74) is 1.11. The van der Waals surface area contributed by atoms with E-state index in [1.165, 1.54) is 25.3 Å². The summed E-state index contributed by atoms with van der Waals surface area (Å²) in [4.78, 5) is 28.1. The molecule has 30 heavy (non-hydrogen) atoms. The first-order valence-corrected chi connectivity index (χ1v) is 9.01. The number of amides is 1. The zero-order chi connectivity index (χ0) is 21.7. The highest BCUT2D eigenvalue weighted by Gasteiger charge is 2.30. The van der Waals surface area contributed by atoms with Gasteiger partial charge in [0.25, 0.3) is 5.91 Å². The zero-order valence-corrected chi connectivity index (χ0v) is 16.0. The highest BCUT2D eigenvalue weighted by atomic mass is 19.4. The SMILES string of the molecule is CC(=O)c1cc(CNc2ccccc2C(=O)Nc2cccc(C(F)(F)F)c2)ccn1. The van der Waals surface area contributed by atoms with Crippen molar-refractivity contribution in [1.82, 2.24) is 4.98 Å². The highest BCUT2D eigenvalue weighted by molar-refractivity contribution is 6.08. The molecule has 2 aromatic carbocycles. The monoisotopic (exact) mass is 413 g/mol. The number of hydrogen-bond acceptors (Lipinski definition) is 4. The first-order chi connectivity index (χ1) is 14.2. The highest BCUT2D eigenvalue weighted by Crippen LogP contribution is 2.31. The van der Waals surface area contributed by atoms with Crippen molar-refractivity contribution in [2.75, 3.05) is 10.6 Å². The lowest BCUT2D eigenvalue weighted by Crippen LogP contribution is -2.15. The fourth-order valence-corrected chi connectivity index (χ4v) is 2.78. The Balaban J connectivity index is 1.76. The van der Waals surface area contributed by atoms with E-state index < -0.39 is 17.6 Å². The van der Waals surface area contributed by atoms with Crippen LogP contribution in [-0.4, -0.2) is 16.7 Å². The number of halogens is 3. The Kier molecular flexibility index (Phi) is 6.15. The van der Waals surface area contributed by atoms with Gasteiger partial charge in [-0.2, -0.15) is 13.2 Å². The normalized spacial score (nSPS) is 11.1. The number of benzene rings is 2. The molecule has 0 saturated carbocycles. The van der Waals surface area contributed by atoms with E-state index >= 15 is 0 Å². The van der Waals surface area contributed by atoms with E-state index in [0.29, 0.717) is 17.9 Å². The Morgan fingerprint density at radius 3 is 2.50 bits per heavy atom. The summed E-state index contributed by atoms with van der Waals surface area (Å²) in [7, 11) is 0. The van der Waals surface area contributed by atoms with Crippen LogP contribution in [0.1, 0.15) is 38.9 Å². The Labute approximate surface area is 171 Å². The number of nitrogens with one attached hydrogen (secondary N) is 2. The Morgan fingerprint density at radius 2 is 1.77 bits per heavy atom. The average molecular weight is 413 g/mol. The van der Waals surface area contributed by atoms with Crippen LogP contribution in [0.2, 0.25) is 0 Å². The molecule has 0 bridgehead atoms. The van der Waals surface area contributed by atoms with Gasteiger partial charge in [-0.3, -0.25) is 14.6 Å². The maximum Gasteiger partial charge on any atom is 0.416 e. The molecule has 0 atom stereocenters. The van der Waals surface area contributed by atoms with Crippen molar-refractivity contribution >= 4 is 23.1 Å². The second-order valence-electron chi connectivity index (χ2n) is 6.54. The second-order valence-corrected chi connectivity index (χ2v) is 6.54. The Bertz CT molecular complexity index is 1080. The van der Waals surface area contributed by atoms with Crippen molar-refractivity contribution in [2.45, 2.75) is 19.6 Å². The van der Waals surface area contributed by atoms with Crippen LogP contribution in [0, 0.1) is 0 Å². The number of Topliss-reactive ketones (excluding diaryl/α,β-unsaturated/α-hetero) is 1. The zero-order valence-electron chi connectivity index (χ0n) is 16.0. The number of carbonyl (C=O) groups excluding carboxylic acids is 2. The van der Waals surface area contributed by atoms with E-state index in [1.807, 2.05) is 0 Å². The molecule has 5 nitrogen and oxygen atoms in total. The largest absolute Gasteiger partial charge is 0.416 e. The lowest BCUT2D eigenvalue weighted by atomic mass is 10.1. The number of aromatic nitrogens is 1. The Hall–Kier alpha value is -3.68. The van der Waals surface area contributed by atoms with Crippen molar-refractivity contribution in [3.63, 3.8) is 0 Å².